The smallest absolute Gasteiger partial charge is 0.332 e. The molecule has 2 aromatic heterocycles. The highest BCUT2D eigenvalue weighted by molar-refractivity contribution is 5.94. The van der Waals surface area contributed by atoms with Crippen LogP contribution in [0.2, 0.25) is 0 Å². The van der Waals surface area contributed by atoms with Gasteiger partial charge in [-0.25, -0.2) is 9.78 Å². The zero-order valence-electron chi connectivity index (χ0n) is 19.8. The van der Waals surface area contributed by atoms with Crippen molar-refractivity contribution in [2.75, 3.05) is 26.2 Å². The van der Waals surface area contributed by atoms with Crippen molar-refractivity contribution in [3.8, 4) is 0 Å². The van der Waals surface area contributed by atoms with Gasteiger partial charge < -0.3 is 9.80 Å². The van der Waals surface area contributed by atoms with Crippen LogP contribution < -0.4 is 11.2 Å². The van der Waals surface area contributed by atoms with Gasteiger partial charge in [-0.1, -0.05) is 0 Å². The summed E-state index contributed by atoms with van der Waals surface area (Å²) in [5, 5.41) is 0.298. The Morgan fingerprint density at radius 3 is 2.00 bits per heavy atom. The predicted molar refractivity (Wildman–Crippen MR) is 125 cm³/mol. The Hall–Kier alpha value is -2.97. The van der Waals surface area contributed by atoms with E-state index in [1.807, 2.05) is 4.90 Å². The average molecular weight is 466 g/mol. The summed E-state index contributed by atoms with van der Waals surface area (Å²) < 4.78 is 2.32. The SMILES string of the molecule is Cn1c(=O)c2ccc(C(=O)N3CCN(C(=O)C45CC6CC(CC(C6)C4)C5)CC3)nc2n(C)c1=O. The summed E-state index contributed by atoms with van der Waals surface area (Å²) in [6, 6.07) is 3.10. The number of hydrogen-bond donors (Lipinski definition) is 0. The third-order valence-corrected chi connectivity index (χ3v) is 8.87. The van der Waals surface area contributed by atoms with Crippen molar-refractivity contribution in [2.24, 2.45) is 37.3 Å². The molecule has 34 heavy (non-hydrogen) atoms. The first-order valence-corrected chi connectivity index (χ1v) is 12.4. The zero-order chi connectivity index (χ0) is 23.8. The number of carbonyl (C=O) groups is 2. The molecule has 4 saturated carbocycles. The van der Waals surface area contributed by atoms with Crippen LogP contribution >= 0.6 is 0 Å². The molecule has 0 aromatic carbocycles. The number of aromatic nitrogens is 3. The van der Waals surface area contributed by atoms with Gasteiger partial charge in [0.05, 0.1) is 10.8 Å². The number of carbonyl (C=O) groups excluding carboxylic acids is 2. The second-order valence-corrected chi connectivity index (χ2v) is 11.1. The number of pyridine rings is 1. The lowest BCUT2D eigenvalue weighted by Crippen LogP contribution is -2.58. The first-order chi connectivity index (χ1) is 16.3. The van der Waals surface area contributed by atoms with E-state index in [1.165, 1.54) is 30.9 Å². The first kappa shape index (κ1) is 21.6. The molecule has 2 aromatic rings. The van der Waals surface area contributed by atoms with E-state index in [1.54, 1.807) is 24.1 Å². The second kappa shape index (κ2) is 7.52. The minimum absolute atomic E-state index is 0.155. The molecular formula is C25H31N5O4. The summed E-state index contributed by atoms with van der Waals surface area (Å²) in [7, 11) is 2.97. The number of rotatable bonds is 2. The van der Waals surface area contributed by atoms with Crippen molar-refractivity contribution >= 4 is 22.8 Å². The van der Waals surface area contributed by atoms with Crippen molar-refractivity contribution in [2.45, 2.75) is 38.5 Å². The average Bonchev–Trinajstić information content (AvgIpc) is 2.84. The minimum Gasteiger partial charge on any atom is -0.339 e. The Bertz CT molecular complexity index is 1280. The summed E-state index contributed by atoms with van der Waals surface area (Å²) in [4.78, 5) is 59.5. The Morgan fingerprint density at radius 2 is 1.41 bits per heavy atom. The van der Waals surface area contributed by atoms with E-state index < -0.39 is 11.2 Å². The molecular weight excluding hydrogens is 434 g/mol. The van der Waals surface area contributed by atoms with Crippen molar-refractivity contribution in [3.63, 3.8) is 0 Å². The lowest BCUT2D eigenvalue weighted by molar-refractivity contribution is -0.159. The number of piperazine rings is 1. The highest BCUT2D eigenvalue weighted by atomic mass is 16.2. The summed E-state index contributed by atoms with van der Waals surface area (Å²) in [6.45, 7) is 2.01. The third kappa shape index (κ3) is 3.15. The highest BCUT2D eigenvalue weighted by Gasteiger charge is 2.55. The van der Waals surface area contributed by atoms with E-state index in [2.05, 4.69) is 4.98 Å². The molecule has 0 atom stereocenters. The summed E-state index contributed by atoms with van der Waals surface area (Å²) >= 11 is 0. The molecule has 180 valence electrons. The molecule has 4 bridgehead atoms. The van der Waals surface area contributed by atoms with Crippen molar-refractivity contribution in [1.82, 2.24) is 23.9 Å². The van der Waals surface area contributed by atoms with E-state index in [0.717, 1.165) is 41.6 Å². The maximum atomic E-state index is 13.6. The van der Waals surface area contributed by atoms with Crippen molar-refractivity contribution in [3.05, 3.63) is 38.7 Å². The number of fused-ring (bicyclic) bond motifs is 1. The van der Waals surface area contributed by atoms with Crippen LogP contribution in [0.5, 0.6) is 0 Å². The maximum absolute atomic E-state index is 13.6. The normalized spacial score (nSPS) is 30.2. The third-order valence-electron chi connectivity index (χ3n) is 8.87. The Balaban J connectivity index is 1.18. The fraction of sp³-hybridized carbons (Fsp3) is 0.640. The van der Waals surface area contributed by atoms with Gasteiger partial charge in [-0.15, -0.1) is 0 Å². The maximum Gasteiger partial charge on any atom is 0.332 e. The van der Waals surface area contributed by atoms with E-state index in [0.29, 0.717) is 37.5 Å². The molecule has 1 aliphatic heterocycles. The van der Waals surface area contributed by atoms with Gasteiger partial charge in [0.25, 0.3) is 11.5 Å². The van der Waals surface area contributed by atoms with Gasteiger partial charge in [0.2, 0.25) is 5.91 Å². The molecule has 0 N–H and O–H groups in total. The molecule has 4 aliphatic carbocycles. The summed E-state index contributed by atoms with van der Waals surface area (Å²) in [5.74, 6) is 2.25. The van der Waals surface area contributed by atoms with Crippen molar-refractivity contribution < 1.29 is 9.59 Å². The van der Waals surface area contributed by atoms with E-state index in [9.17, 15) is 19.2 Å². The molecule has 7 rings (SSSR count). The summed E-state index contributed by atoms with van der Waals surface area (Å²) in [6.07, 6.45) is 7.09. The molecule has 5 aliphatic rings. The number of hydrogen-bond acceptors (Lipinski definition) is 5. The van der Waals surface area contributed by atoms with Crippen LogP contribution in [0.1, 0.15) is 49.0 Å². The van der Waals surface area contributed by atoms with E-state index >= 15 is 0 Å². The van der Waals surface area contributed by atoms with Gasteiger partial charge in [-0.3, -0.25) is 23.5 Å². The molecule has 5 fully saturated rings. The number of aryl methyl sites for hydroxylation is 1. The summed E-state index contributed by atoms with van der Waals surface area (Å²) in [5.41, 5.74) is -0.656. The van der Waals surface area contributed by atoms with Crippen molar-refractivity contribution in [1.29, 1.82) is 0 Å². The molecule has 9 heteroatoms. The Kier molecular flexibility index (Phi) is 4.76. The van der Waals surface area contributed by atoms with Crippen LogP contribution in [0.25, 0.3) is 11.0 Å². The lowest BCUT2D eigenvalue weighted by Gasteiger charge is -2.57. The molecule has 9 nitrogen and oxygen atoms in total. The van der Waals surface area contributed by atoms with Gasteiger partial charge in [-0.2, -0.15) is 0 Å². The predicted octanol–water partition coefficient (Wildman–Crippen LogP) is 1.13. The zero-order valence-corrected chi connectivity index (χ0v) is 19.8. The van der Waals surface area contributed by atoms with Crippen LogP contribution in [0.15, 0.2) is 21.7 Å². The van der Waals surface area contributed by atoms with Gasteiger partial charge in [0.1, 0.15) is 11.3 Å². The van der Waals surface area contributed by atoms with Crippen LogP contribution in [-0.2, 0) is 18.9 Å². The molecule has 0 spiro atoms. The monoisotopic (exact) mass is 465 g/mol. The van der Waals surface area contributed by atoms with Gasteiger partial charge >= 0.3 is 5.69 Å². The minimum atomic E-state index is -0.480. The Labute approximate surface area is 197 Å². The van der Waals surface area contributed by atoms with Gasteiger partial charge in [-0.05, 0) is 68.4 Å². The standard InChI is InChI=1S/C25H31N5O4/c1-27-20-18(21(31)28(2)24(27)34)3-4-19(26-20)22(32)29-5-7-30(8-6-29)23(33)25-12-15-9-16(13-25)11-17(10-15)14-25/h3-4,15-17H,5-14H2,1-2H3. The van der Waals surface area contributed by atoms with Crippen LogP contribution in [0.4, 0.5) is 0 Å². The van der Waals surface area contributed by atoms with E-state index in [4.69, 9.17) is 0 Å². The molecule has 0 radical (unpaired) electrons. The fourth-order valence-electron chi connectivity index (χ4n) is 7.56. The lowest BCUT2D eigenvalue weighted by atomic mass is 9.49. The molecule has 2 amide bonds. The topological polar surface area (TPSA) is 97.5 Å². The first-order valence-electron chi connectivity index (χ1n) is 12.4. The van der Waals surface area contributed by atoms with E-state index in [-0.39, 0.29) is 22.7 Å². The molecule has 1 saturated heterocycles. The highest BCUT2D eigenvalue weighted by Crippen LogP contribution is 2.60. The quantitative estimate of drug-likeness (QED) is 0.662. The van der Waals surface area contributed by atoms with Crippen LogP contribution in [0.3, 0.4) is 0 Å². The molecule has 3 heterocycles. The van der Waals surface area contributed by atoms with Gasteiger partial charge in [0, 0.05) is 40.3 Å². The van der Waals surface area contributed by atoms with Crippen LogP contribution in [-0.4, -0.2) is 61.9 Å². The largest absolute Gasteiger partial charge is 0.339 e. The second-order valence-electron chi connectivity index (χ2n) is 11.1. The Morgan fingerprint density at radius 1 is 0.853 bits per heavy atom. The number of amides is 2. The fourth-order valence-corrected chi connectivity index (χ4v) is 7.56. The van der Waals surface area contributed by atoms with Crippen LogP contribution in [0, 0.1) is 23.2 Å². The molecule has 0 unspecified atom stereocenters. The number of nitrogens with zero attached hydrogens (tertiary/aromatic N) is 5. The van der Waals surface area contributed by atoms with Gasteiger partial charge in [0.15, 0.2) is 0 Å².